The van der Waals surface area contributed by atoms with E-state index in [1.807, 2.05) is 6.08 Å². The van der Waals surface area contributed by atoms with Crippen LogP contribution in [0.5, 0.6) is 0 Å². The zero-order valence-electron chi connectivity index (χ0n) is 16.1. The molecule has 0 atom stereocenters. The van der Waals surface area contributed by atoms with Gasteiger partial charge in [0.25, 0.3) is 0 Å². The first kappa shape index (κ1) is 26.0. The summed E-state index contributed by atoms with van der Waals surface area (Å²) in [6, 6.07) is 0. The summed E-state index contributed by atoms with van der Waals surface area (Å²) in [6.07, 6.45) is 16.9. The molecule has 0 spiro atoms. The van der Waals surface area contributed by atoms with Crippen molar-refractivity contribution in [2.45, 2.75) is 102 Å². The molecule has 0 saturated heterocycles. The minimum atomic E-state index is -5.70. The Hall–Kier alpha value is -1.05. The molecule has 0 aliphatic rings. The normalized spacial score (nSPS) is 13.1. The third-order valence-electron chi connectivity index (χ3n) is 4.31. The van der Waals surface area contributed by atoms with E-state index in [1.54, 1.807) is 0 Å². The Morgan fingerprint density at radius 2 is 1.19 bits per heavy atom. The molecule has 0 radical (unpaired) electrons. The van der Waals surface area contributed by atoms with Gasteiger partial charge in [-0.05, 0) is 31.6 Å². The van der Waals surface area contributed by atoms with Crippen LogP contribution in [0.3, 0.4) is 0 Å². The lowest BCUT2D eigenvalue weighted by Crippen LogP contribution is -2.26. The van der Waals surface area contributed by atoms with E-state index < -0.39 is 21.4 Å². The van der Waals surface area contributed by atoms with Crippen molar-refractivity contribution in [1.29, 1.82) is 0 Å². The van der Waals surface area contributed by atoms with Crippen molar-refractivity contribution >= 4 is 15.9 Å². The second-order valence-corrected chi connectivity index (χ2v) is 8.42. The molecule has 160 valence electrons. The fourth-order valence-corrected chi connectivity index (χ4v) is 3.20. The van der Waals surface area contributed by atoms with E-state index in [0.29, 0.717) is 12.8 Å². The summed E-state index contributed by atoms with van der Waals surface area (Å²) in [6.45, 7) is 3.71. The summed E-state index contributed by atoms with van der Waals surface area (Å²) in [5.41, 5.74) is -5.51. The minimum absolute atomic E-state index is 0.262. The number of unbranched alkanes of at least 4 members (excludes halogenated alkanes) is 13. The van der Waals surface area contributed by atoms with E-state index in [0.717, 1.165) is 25.7 Å². The topological polar surface area (TPSA) is 69.6 Å². The summed E-state index contributed by atoms with van der Waals surface area (Å²) in [5.74, 6) is -1.23. The summed E-state index contributed by atoms with van der Waals surface area (Å²) in [4.78, 5) is 0. The largest absolute Gasteiger partial charge is 0.861 e. The van der Waals surface area contributed by atoms with Gasteiger partial charge in [-0.1, -0.05) is 76.7 Å². The van der Waals surface area contributed by atoms with Gasteiger partial charge in [-0.25, -0.2) is 0 Å². The molecule has 0 amide bonds. The molecule has 8 heteroatoms. The molecule has 0 rings (SSSR count). The Bertz CT molecular complexity index is 517. The van der Waals surface area contributed by atoms with Gasteiger partial charge in [-0.15, -0.1) is 6.58 Å². The lowest BCUT2D eigenvalue weighted by atomic mass is 10.0. The second kappa shape index (κ2) is 14.9. The van der Waals surface area contributed by atoms with Gasteiger partial charge in [0.1, 0.15) is 0 Å². The van der Waals surface area contributed by atoms with Crippen molar-refractivity contribution < 1.29 is 26.7 Å². The Kier molecular flexibility index (Phi) is 14.4. The summed E-state index contributed by atoms with van der Waals surface area (Å²) >= 11 is 0. The van der Waals surface area contributed by atoms with E-state index in [2.05, 4.69) is 11.0 Å². The number of hydrogen-bond acceptors (Lipinski definition) is 3. The Balaban J connectivity index is 3.49. The maximum Gasteiger partial charge on any atom is 0.518 e. The molecular weight excluding hydrogens is 379 g/mol. The molecule has 0 fully saturated rings. The van der Waals surface area contributed by atoms with Gasteiger partial charge >= 0.3 is 15.5 Å². The van der Waals surface area contributed by atoms with Gasteiger partial charge in [0, 0.05) is 0 Å². The number of allylic oxidation sites excluding steroid dienone is 1. The van der Waals surface area contributed by atoms with Gasteiger partial charge in [0.05, 0.1) is 0 Å². The average Bonchev–Trinajstić information content (AvgIpc) is 2.57. The third kappa shape index (κ3) is 14.7. The highest BCUT2D eigenvalue weighted by Gasteiger charge is 2.45. The highest BCUT2D eigenvalue weighted by molar-refractivity contribution is 7.91. The molecule has 4 nitrogen and oxygen atoms in total. The number of rotatable bonds is 17. The first-order valence-corrected chi connectivity index (χ1v) is 11.3. The molecule has 0 heterocycles. The van der Waals surface area contributed by atoms with Crippen LogP contribution in [0.4, 0.5) is 13.2 Å². The van der Waals surface area contributed by atoms with E-state index >= 15 is 0 Å². The van der Waals surface area contributed by atoms with Gasteiger partial charge in [0.15, 0.2) is 0 Å². The van der Waals surface area contributed by atoms with Crippen molar-refractivity contribution in [3.8, 4) is 0 Å². The van der Waals surface area contributed by atoms with Crippen LogP contribution in [0.2, 0.25) is 0 Å². The van der Waals surface area contributed by atoms with Crippen molar-refractivity contribution in [3.05, 3.63) is 12.7 Å². The van der Waals surface area contributed by atoms with Crippen LogP contribution >= 0.6 is 0 Å². The molecule has 0 saturated carbocycles. The first-order valence-electron chi connectivity index (χ1n) is 9.88. The molecule has 27 heavy (non-hydrogen) atoms. The SMILES string of the molecule is C=CCCCCCCCCCCCCCCC/C([O-])=N/S(=O)(=O)C(F)(F)F. The highest BCUT2D eigenvalue weighted by atomic mass is 32.2. The summed E-state index contributed by atoms with van der Waals surface area (Å²) in [7, 11) is -5.70. The van der Waals surface area contributed by atoms with Crippen molar-refractivity contribution in [1.82, 2.24) is 0 Å². The molecular formula is C19H33F3NO3S-. The average molecular weight is 413 g/mol. The number of nitrogens with zero attached hydrogens (tertiary/aromatic N) is 1. The van der Waals surface area contributed by atoms with Gasteiger partial charge in [-0.3, -0.25) is 0 Å². The standard InChI is InChI=1S/C19H34F3NO3S/c1-2-3-4-5-6-7-8-9-10-11-12-13-14-15-16-17-18(24)23-27(25,26)19(20,21)22/h2H,1,3-17H2,(H,23,24)/p-1. The van der Waals surface area contributed by atoms with Crippen LogP contribution in [-0.4, -0.2) is 19.8 Å². The van der Waals surface area contributed by atoms with E-state index in [4.69, 9.17) is 0 Å². The van der Waals surface area contributed by atoms with Crippen LogP contribution in [0.15, 0.2) is 17.1 Å². The quantitative estimate of drug-likeness (QED) is 0.134. The molecule has 0 aliphatic heterocycles. The molecule has 0 aromatic carbocycles. The maximum atomic E-state index is 12.1. The zero-order chi connectivity index (χ0) is 20.6. The van der Waals surface area contributed by atoms with Crippen LogP contribution in [0, 0.1) is 0 Å². The molecule has 0 aromatic rings. The van der Waals surface area contributed by atoms with Crippen molar-refractivity contribution in [2.24, 2.45) is 4.40 Å². The molecule has 0 aromatic heterocycles. The van der Waals surface area contributed by atoms with Crippen molar-refractivity contribution in [3.63, 3.8) is 0 Å². The van der Waals surface area contributed by atoms with Crippen LogP contribution in [-0.2, 0) is 10.0 Å². The fraction of sp³-hybridized carbons (Fsp3) is 0.842. The number of halogens is 3. The summed E-state index contributed by atoms with van der Waals surface area (Å²) < 4.78 is 59.9. The monoisotopic (exact) mass is 412 g/mol. The first-order chi connectivity index (χ1) is 12.7. The smallest absolute Gasteiger partial charge is 0.518 e. The zero-order valence-corrected chi connectivity index (χ0v) is 16.9. The molecule has 0 unspecified atom stereocenters. The lowest BCUT2D eigenvalue weighted by molar-refractivity contribution is -0.218. The highest BCUT2D eigenvalue weighted by Crippen LogP contribution is 2.24. The predicted octanol–water partition coefficient (Wildman–Crippen LogP) is 5.63. The summed E-state index contributed by atoms with van der Waals surface area (Å²) in [5, 5.41) is 11.2. The van der Waals surface area contributed by atoms with Crippen molar-refractivity contribution in [2.75, 3.05) is 0 Å². The van der Waals surface area contributed by atoms with E-state index in [-0.39, 0.29) is 6.42 Å². The molecule has 0 bridgehead atoms. The number of hydrogen-bond donors (Lipinski definition) is 0. The predicted molar refractivity (Wildman–Crippen MR) is 102 cm³/mol. The Morgan fingerprint density at radius 1 is 0.815 bits per heavy atom. The number of alkyl halides is 3. The van der Waals surface area contributed by atoms with Gasteiger partial charge in [0.2, 0.25) is 0 Å². The van der Waals surface area contributed by atoms with E-state index in [1.165, 1.54) is 51.4 Å². The van der Waals surface area contributed by atoms with E-state index in [9.17, 15) is 26.7 Å². The van der Waals surface area contributed by atoms with Crippen LogP contribution in [0.1, 0.15) is 96.3 Å². The number of sulfonamides is 1. The lowest BCUT2D eigenvalue weighted by Gasteiger charge is -2.11. The van der Waals surface area contributed by atoms with Gasteiger partial charge in [-0.2, -0.15) is 26.0 Å². The van der Waals surface area contributed by atoms with Crippen LogP contribution in [0.25, 0.3) is 0 Å². The second-order valence-electron chi connectivity index (χ2n) is 6.83. The maximum absolute atomic E-state index is 12.1. The minimum Gasteiger partial charge on any atom is -0.861 e. The Morgan fingerprint density at radius 3 is 1.56 bits per heavy atom. The Labute approximate surface area is 162 Å². The molecule has 0 aliphatic carbocycles. The molecule has 0 N–H and O–H groups in total. The third-order valence-corrected chi connectivity index (χ3v) is 5.34. The fourth-order valence-electron chi connectivity index (χ4n) is 2.74. The van der Waals surface area contributed by atoms with Crippen LogP contribution < -0.4 is 5.11 Å². The van der Waals surface area contributed by atoms with Gasteiger partial charge < -0.3 is 5.11 Å².